The van der Waals surface area contributed by atoms with Gasteiger partial charge in [-0.05, 0) is 18.2 Å². The predicted molar refractivity (Wildman–Crippen MR) is 66.5 cm³/mol. The van der Waals surface area contributed by atoms with Gasteiger partial charge in [0.1, 0.15) is 0 Å². The second-order valence-corrected chi connectivity index (χ2v) is 3.67. The van der Waals surface area contributed by atoms with E-state index in [4.69, 9.17) is 10.5 Å². The van der Waals surface area contributed by atoms with Gasteiger partial charge in [-0.25, -0.2) is 14.2 Å². The lowest BCUT2D eigenvalue weighted by Gasteiger charge is -2.07. The first-order valence-electron chi connectivity index (χ1n) is 5.37. The van der Waals surface area contributed by atoms with Gasteiger partial charge in [0, 0.05) is 24.0 Å². The van der Waals surface area contributed by atoms with Crippen molar-refractivity contribution in [3.8, 4) is 11.6 Å². The van der Waals surface area contributed by atoms with E-state index in [0.29, 0.717) is 5.69 Å². The van der Waals surface area contributed by atoms with Gasteiger partial charge in [-0.1, -0.05) is 0 Å². The van der Waals surface area contributed by atoms with Gasteiger partial charge in [0.2, 0.25) is 5.88 Å². The highest BCUT2D eigenvalue weighted by atomic mass is 19.1. The molecule has 1 heterocycles. The Labute approximate surface area is 108 Å². The summed E-state index contributed by atoms with van der Waals surface area (Å²) in [6, 6.07) is 6.86. The topological polar surface area (TPSA) is 74.4 Å². The fourth-order valence-corrected chi connectivity index (χ4v) is 1.42. The molecule has 0 radical (unpaired) electrons. The molecule has 5 nitrogen and oxygen atoms in total. The number of nitrogens with zero attached hydrogens (tertiary/aromatic N) is 1. The largest absolute Gasteiger partial charge is 0.465 e. The van der Waals surface area contributed by atoms with Gasteiger partial charge in [-0.15, -0.1) is 0 Å². The lowest BCUT2D eigenvalue weighted by Crippen LogP contribution is -2.02. The normalized spacial score (nSPS) is 10.0. The molecule has 19 heavy (non-hydrogen) atoms. The van der Waals surface area contributed by atoms with Crippen molar-refractivity contribution in [2.75, 3.05) is 12.8 Å². The van der Waals surface area contributed by atoms with Crippen molar-refractivity contribution in [2.24, 2.45) is 0 Å². The molecule has 98 valence electrons. The van der Waals surface area contributed by atoms with Crippen LogP contribution in [0, 0.1) is 5.82 Å². The number of esters is 1. The second kappa shape index (κ2) is 5.34. The van der Waals surface area contributed by atoms with Crippen LogP contribution in [-0.4, -0.2) is 18.1 Å². The van der Waals surface area contributed by atoms with Gasteiger partial charge in [-0.3, -0.25) is 0 Å². The Balaban J connectivity index is 2.26. The van der Waals surface area contributed by atoms with E-state index in [2.05, 4.69) is 9.72 Å². The maximum atomic E-state index is 13.5. The van der Waals surface area contributed by atoms with Crippen LogP contribution < -0.4 is 10.5 Å². The molecule has 0 saturated carbocycles. The first-order chi connectivity index (χ1) is 9.10. The van der Waals surface area contributed by atoms with E-state index in [9.17, 15) is 9.18 Å². The molecular weight excluding hydrogens is 251 g/mol. The van der Waals surface area contributed by atoms with Crippen LogP contribution in [0.15, 0.2) is 36.5 Å². The zero-order chi connectivity index (χ0) is 13.8. The standard InChI is InChI=1S/C13H11FN2O3/c1-18-13(17)8-4-5-16-12(6-8)19-11-3-2-9(15)7-10(11)14/h2-7H,15H2,1H3. The Bertz CT molecular complexity index is 617. The molecule has 0 aliphatic heterocycles. The molecule has 0 aliphatic rings. The highest BCUT2D eigenvalue weighted by Crippen LogP contribution is 2.25. The van der Waals surface area contributed by atoms with E-state index in [1.807, 2.05) is 0 Å². The molecule has 1 aromatic carbocycles. The maximum absolute atomic E-state index is 13.5. The molecule has 2 N–H and O–H groups in total. The first-order valence-corrected chi connectivity index (χ1v) is 5.37. The van der Waals surface area contributed by atoms with E-state index in [0.717, 1.165) is 6.07 Å². The van der Waals surface area contributed by atoms with Crippen molar-refractivity contribution in [2.45, 2.75) is 0 Å². The Hall–Kier alpha value is -2.63. The molecule has 0 spiro atoms. The minimum Gasteiger partial charge on any atom is -0.465 e. The summed E-state index contributed by atoms with van der Waals surface area (Å²) in [5.41, 5.74) is 5.99. The van der Waals surface area contributed by atoms with Crippen LogP contribution in [0.2, 0.25) is 0 Å². The summed E-state index contributed by atoms with van der Waals surface area (Å²) in [5, 5.41) is 0. The van der Waals surface area contributed by atoms with Crippen LogP contribution in [-0.2, 0) is 4.74 Å². The van der Waals surface area contributed by atoms with E-state index in [-0.39, 0.29) is 17.2 Å². The number of rotatable bonds is 3. The van der Waals surface area contributed by atoms with Crippen LogP contribution in [0.25, 0.3) is 0 Å². The Morgan fingerprint density at radius 1 is 1.32 bits per heavy atom. The van der Waals surface area contributed by atoms with Crippen LogP contribution in [0.1, 0.15) is 10.4 Å². The van der Waals surface area contributed by atoms with Crippen LogP contribution >= 0.6 is 0 Å². The van der Waals surface area contributed by atoms with Crippen molar-refractivity contribution in [3.05, 3.63) is 47.9 Å². The third kappa shape index (κ3) is 2.98. The highest BCUT2D eigenvalue weighted by Gasteiger charge is 2.10. The van der Waals surface area contributed by atoms with Crippen molar-refractivity contribution in [1.82, 2.24) is 4.98 Å². The number of anilines is 1. The molecule has 2 rings (SSSR count). The highest BCUT2D eigenvalue weighted by molar-refractivity contribution is 5.89. The van der Waals surface area contributed by atoms with Crippen LogP contribution in [0.5, 0.6) is 11.6 Å². The van der Waals surface area contributed by atoms with Gasteiger partial charge in [0.05, 0.1) is 12.7 Å². The summed E-state index contributed by atoms with van der Waals surface area (Å²) < 4.78 is 23.4. The smallest absolute Gasteiger partial charge is 0.338 e. The number of nitrogen functional groups attached to an aromatic ring is 1. The number of halogens is 1. The van der Waals surface area contributed by atoms with E-state index >= 15 is 0 Å². The van der Waals surface area contributed by atoms with Crippen LogP contribution in [0.4, 0.5) is 10.1 Å². The van der Waals surface area contributed by atoms with Crippen LogP contribution in [0.3, 0.4) is 0 Å². The van der Waals surface area contributed by atoms with Crippen molar-refractivity contribution >= 4 is 11.7 Å². The lowest BCUT2D eigenvalue weighted by atomic mass is 10.2. The minimum atomic E-state index is -0.606. The fraction of sp³-hybridized carbons (Fsp3) is 0.0769. The molecule has 0 saturated heterocycles. The number of pyridine rings is 1. The Morgan fingerprint density at radius 2 is 2.11 bits per heavy atom. The van der Waals surface area contributed by atoms with Crippen molar-refractivity contribution in [1.29, 1.82) is 0 Å². The average molecular weight is 262 g/mol. The van der Waals surface area contributed by atoms with Crippen molar-refractivity contribution in [3.63, 3.8) is 0 Å². The summed E-state index contributed by atoms with van der Waals surface area (Å²) in [5.74, 6) is -1.06. The van der Waals surface area contributed by atoms with Crippen molar-refractivity contribution < 1.29 is 18.7 Å². The molecule has 6 heteroatoms. The molecular formula is C13H11FN2O3. The zero-order valence-electron chi connectivity index (χ0n) is 10.1. The third-order valence-electron chi connectivity index (χ3n) is 2.33. The zero-order valence-corrected chi connectivity index (χ0v) is 10.1. The summed E-state index contributed by atoms with van der Waals surface area (Å²) in [4.78, 5) is 15.2. The number of hydrogen-bond donors (Lipinski definition) is 1. The molecule has 0 amide bonds. The molecule has 2 aromatic rings. The Kier molecular flexibility index (Phi) is 3.61. The minimum absolute atomic E-state index is 0.0243. The summed E-state index contributed by atoms with van der Waals surface area (Å²) in [6.45, 7) is 0. The predicted octanol–water partition coefficient (Wildman–Crippen LogP) is 2.38. The van der Waals surface area contributed by atoms with Gasteiger partial charge < -0.3 is 15.2 Å². The first kappa shape index (κ1) is 12.8. The number of carbonyl (C=O) groups excluding carboxylic acids is 1. The number of nitrogens with two attached hydrogens (primary N) is 1. The van der Waals surface area contributed by atoms with Gasteiger partial charge in [-0.2, -0.15) is 0 Å². The van der Waals surface area contributed by atoms with E-state index in [1.54, 1.807) is 0 Å². The number of aromatic nitrogens is 1. The molecule has 0 atom stereocenters. The van der Waals surface area contributed by atoms with Gasteiger partial charge in [0.25, 0.3) is 0 Å². The maximum Gasteiger partial charge on any atom is 0.338 e. The summed E-state index contributed by atoms with van der Waals surface area (Å²) in [7, 11) is 1.27. The Morgan fingerprint density at radius 3 is 2.79 bits per heavy atom. The fourth-order valence-electron chi connectivity index (χ4n) is 1.42. The molecule has 0 bridgehead atoms. The SMILES string of the molecule is COC(=O)c1ccnc(Oc2ccc(N)cc2F)c1. The number of carbonyl (C=O) groups is 1. The number of ether oxygens (including phenoxy) is 2. The quantitative estimate of drug-likeness (QED) is 0.679. The molecule has 0 unspecified atom stereocenters. The molecule has 0 fully saturated rings. The molecule has 0 aliphatic carbocycles. The number of methoxy groups -OCH3 is 1. The number of benzene rings is 1. The average Bonchev–Trinajstić information content (AvgIpc) is 2.41. The lowest BCUT2D eigenvalue weighted by molar-refractivity contribution is 0.0600. The third-order valence-corrected chi connectivity index (χ3v) is 2.33. The van der Waals surface area contributed by atoms with E-state index < -0.39 is 11.8 Å². The summed E-state index contributed by atoms with van der Waals surface area (Å²) >= 11 is 0. The number of hydrogen-bond acceptors (Lipinski definition) is 5. The summed E-state index contributed by atoms with van der Waals surface area (Å²) in [6.07, 6.45) is 1.37. The van der Waals surface area contributed by atoms with E-state index in [1.165, 1.54) is 37.6 Å². The second-order valence-electron chi connectivity index (χ2n) is 3.67. The van der Waals surface area contributed by atoms with Gasteiger partial charge in [0.15, 0.2) is 11.6 Å². The molecule has 1 aromatic heterocycles. The van der Waals surface area contributed by atoms with Gasteiger partial charge >= 0.3 is 5.97 Å². The monoisotopic (exact) mass is 262 g/mol.